The van der Waals surface area contributed by atoms with Gasteiger partial charge < -0.3 is 14.7 Å². The molecule has 112 valence electrons. The van der Waals surface area contributed by atoms with E-state index in [-0.39, 0.29) is 11.6 Å². The SMILES string of the molecule is CCC(C)N(CCOC)c1nnc(C)c(C)c1C(=O)O. The van der Waals surface area contributed by atoms with Crippen LogP contribution in [0.15, 0.2) is 0 Å². The molecule has 0 aromatic carbocycles. The maximum atomic E-state index is 11.6. The predicted octanol–water partition coefficient (Wildman–Crippen LogP) is 2.04. The van der Waals surface area contributed by atoms with E-state index in [9.17, 15) is 9.90 Å². The van der Waals surface area contributed by atoms with Gasteiger partial charge in [0.05, 0.1) is 12.3 Å². The van der Waals surface area contributed by atoms with Crippen LogP contribution < -0.4 is 4.90 Å². The number of ether oxygens (including phenoxy) is 1. The maximum Gasteiger partial charge on any atom is 0.339 e. The molecule has 1 atom stereocenters. The van der Waals surface area contributed by atoms with Gasteiger partial charge in [-0.05, 0) is 32.8 Å². The highest BCUT2D eigenvalue weighted by Gasteiger charge is 2.24. The summed E-state index contributed by atoms with van der Waals surface area (Å²) in [5.41, 5.74) is 1.53. The van der Waals surface area contributed by atoms with Gasteiger partial charge in [-0.3, -0.25) is 0 Å². The largest absolute Gasteiger partial charge is 0.478 e. The molecule has 0 radical (unpaired) electrons. The normalized spacial score (nSPS) is 12.2. The summed E-state index contributed by atoms with van der Waals surface area (Å²) in [5, 5.41) is 17.7. The zero-order valence-corrected chi connectivity index (χ0v) is 12.8. The molecule has 1 N–H and O–H groups in total. The molecular formula is C14H23N3O3. The number of aromatic nitrogens is 2. The van der Waals surface area contributed by atoms with Crippen LogP contribution >= 0.6 is 0 Å². The van der Waals surface area contributed by atoms with Crippen LogP contribution in [0.25, 0.3) is 0 Å². The second-order valence-corrected chi connectivity index (χ2v) is 4.86. The van der Waals surface area contributed by atoms with Gasteiger partial charge in [-0.25, -0.2) is 4.79 Å². The summed E-state index contributed by atoms with van der Waals surface area (Å²) in [7, 11) is 1.62. The lowest BCUT2D eigenvalue weighted by molar-refractivity contribution is 0.0695. The molecule has 0 spiro atoms. The third kappa shape index (κ3) is 3.45. The third-order valence-electron chi connectivity index (χ3n) is 3.58. The lowest BCUT2D eigenvalue weighted by Gasteiger charge is -2.30. The number of carboxylic acids is 1. The summed E-state index contributed by atoms with van der Waals surface area (Å²) in [6.45, 7) is 8.72. The maximum absolute atomic E-state index is 11.6. The Balaban J connectivity index is 3.31. The van der Waals surface area contributed by atoms with Crippen LogP contribution in [-0.4, -0.2) is 47.6 Å². The van der Waals surface area contributed by atoms with Crippen molar-refractivity contribution in [3.05, 3.63) is 16.8 Å². The van der Waals surface area contributed by atoms with Gasteiger partial charge in [-0.2, -0.15) is 5.10 Å². The van der Waals surface area contributed by atoms with Crippen molar-refractivity contribution in [1.29, 1.82) is 0 Å². The van der Waals surface area contributed by atoms with E-state index >= 15 is 0 Å². The van der Waals surface area contributed by atoms with Crippen molar-refractivity contribution in [1.82, 2.24) is 10.2 Å². The van der Waals surface area contributed by atoms with Gasteiger partial charge in [0.25, 0.3) is 0 Å². The first kappa shape index (κ1) is 16.4. The molecule has 20 heavy (non-hydrogen) atoms. The Bertz CT molecular complexity index is 477. The molecule has 0 aliphatic rings. The number of carboxylic acid groups (broad SMARTS) is 1. The van der Waals surface area contributed by atoms with E-state index in [2.05, 4.69) is 17.1 Å². The quantitative estimate of drug-likeness (QED) is 0.824. The molecule has 6 nitrogen and oxygen atoms in total. The average Bonchev–Trinajstić information content (AvgIpc) is 2.42. The van der Waals surface area contributed by atoms with E-state index in [1.54, 1.807) is 21.0 Å². The number of aromatic carboxylic acids is 1. The van der Waals surface area contributed by atoms with Gasteiger partial charge in [-0.1, -0.05) is 6.92 Å². The number of methoxy groups -OCH3 is 1. The lowest BCUT2D eigenvalue weighted by atomic mass is 10.1. The summed E-state index contributed by atoms with van der Waals surface area (Å²) < 4.78 is 5.11. The number of anilines is 1. The summed E-state index contributed by atoms with van der Waals surface area (Å²) in [6.07, 6.45) is 0.886. The molecule has 0 bridgehead atoms. The van der Waals surface area contributed by atoms with Gasteiger partial charge in [0.2, 0.25) is 0 Å². The van der Waals surface area contributed by atoms with E-state index in [1.165, 1.54) is 0 Å². The summed E-state index contributed by atoms with van der Waals surface area (Å²) in [6, 6.07) is 0.166. The average molecular weight is 281 g/mol. The first-order valence-electron chi connectivity index (χ1n) is 6.76. The summed E-state index contributed by atoms with van der Waals surface area (Å²) in [5.74, 6) is -0.548. The van der Waals surface area contributed by atoms with Crippen molar-refractivity contribution >= 4 is 11.8 Å². The van der Waals surface area contributed by atoms with Crippen molar-refractivity contribution in [2.24, 2.45) is 0 Å². The predicted molar refractivity (Wildman–Crippen MR) is 77.4 cm³/mol. The molecular weight excluding hydrogens is 258 g/mol. The summed E-state index contributed by atoms with van der Waals surface area (Å²) >= 11 is 0. The van der Waals surface area contributed by atoms with E-state index in [1.807, 2.05) is 11.8 Å². The van der Waals surface area contributed by atoms with Crippen LogP contribution in [0.4, 0.5) is 5.82 Å². The first-order valence-corrected chi connectivity index (χ1v) is 6.76. The zero-order valence-electron chi connectivity index (χ0n) is 12.8. The fraction of sp³-hybridized carbons (Fsp3) is 0.643. The molecule has 0 amide bonds. The highest BCUT2D eigenvalue weighted by atomic mass is 16.5. The molecule has 1 heterocycles. The highest BCUT2D eigenvalue weighted by molar-refractivity contribution is 5.95. The van der Waals surface area contributed by atoms with E-state index in [0.717, 1.165) is 6.42 Å². The Hall–Kier alpha value is -1.69. The van der Waals surface area contributed by atoms with Crippen molar-refractivity contribution in [2.75, 3.05) is 25.2 Å². The fourth-order valence-electron chi connectivity index (χ4n) is 2.00. The van der Waals surface area contributed by atoms with Crippen LogP contribution in [0.1, 0.15) is 41.9 Å². The first-order chi connectivity index (χ1) is 9.43. The Morgan fingerprint density at radius 2 is 2.05 bits per heavy atom. The van der Waals surface area contributed by atoms with E-state index < -0.39 is 5.97 Å². The van der Waals surface area contributed by atoms with Crippen molar-refractivity contribution < 1.29 is 14.6 Å². The second kappa shape index (κ2) is 7.19. The Labute approximate surface area is 119 Å². The molecule has 1 rings (SSSR count). The number of rotatable bonds is 7. The molecule has 1 aromatic heterocycles. The molecule has 0 saturated heterocycles. The summed E-state index contributed by atoms with van der Waals surface area (Å²) in [4.78, 5) is 13.5. The van der Waals surface area contributed by atoms with Crippen LogP contribution in [0.3, 0.4) is 0 Å². The minimum absolute atomic E-state index is 0.166. The van der Waals surface area contributed by atoms with Gasteiger partial charge in [0, 0.05) is 19.7 Å². The minimum atomic E-state index is -0.971. The second-order valence-electron chi connectivity index (χ2n) is 4.86. The van der Waals surface area contributed by atoms with Gasteiger partial charge in [-0.15, -0.1) is 5.10 Å². The molecule has 0 saturated carbocycles. The molecule has 0 fully saturated rings. The third-order valence-corrected chi connectivity index (χ3v) is 3.58. The van der Waals surface area contributed by atoms with Gasteiger partial charge in [0.15, 0.2) is 5.82 Å². The molecule has 0 aliphatic heterocycles. The van der Waals surface area contributed by atoms with Crippen LogP contribution in [0, 0.1) is 13.8 Å². The van der Waals surface area contributed by atoms with E-state index in [4.69, 9.17) is 4.74 Å². The van der Waals surface area contributed by atoms with Crippen LogP contribution in [0.2, 0.25) is 0 Å². The van der Waals surface area contributed by atoms with E-state index in [0.29, 0.717) is 30.2 Å². The number of carbonyl (C=O) groups is 1. The number of nitrogens with zero attached hydrogens (tertiary/aromatic N) is 3. The molecule has 0 aliphatic carbocycles. The fourth-order valence-corrected chi connectivity index (χ4v) is 2.00. The monoisotopic (exact) mass is 281 g/mol. The zero-order chi connectivity index (χ0) is 15.3. The van der Waals surface area contributed by atoms with Crippen molar-refractivity contribution in [3.63, 3.8) is 0 Å². The standard InChI is InChI=1S/C14H23N3O3/c1-6-9(2)17(7-8-20-5)13-12(14(18)19)10(3)11(4)15-16-13/h9H,6-8H2,1-5H3,(H,18,19). The van der Waals surface area contributed by atoms with Crippen LogP contribution in [0.5, 0.6) is 0 Å². The topological polar surface area (TPSA) is 75.5 Å². The lowest BCUT2D eigenvalue weighted by Crippen LogP contribution is -2.37. The van der Waals surface area contributed by atoms with Crippen molar-refractivity contribution in [2.45, 2.75) is 40.2 Å². The van der Waals surface area contributed by atoms with Crippen molar-refractivity contribution in [3.8, 4) is 0 Å². The smallest absolute Gasteiger partial charge is 0.339 e. The Morgan fingerprint density at radius 1 is 1.40 bits per heavy atom. The Morgan fingerprint density at radius 3 is 2.55 bits per heavy atom. The van der Waals surface area contributed by atoms with Crippen LogP contribution in [-0.2, 0) is 4.74 Å². The Kier molecular flexibility index (Phi) is 5.88. The molecule has 6 heteroatoms. The number of hydrogen-bond donors (Lipinski definition) is 1. The van der Waals surface area contributed by atoms with Gasteiger partial charge in [0.1, 0.15) is 5.56 Å². The minimum Gasteiger partial charge on any atom is -0.478 e. The number of aryl methyl sites for hydroxylation is 1. The highest BCUT2D eigenvalue weighted by Crippen LogP contribution is 2.24. The molecule has 1 unspecified atom stereocenters. The molecule has 1 aromatic rings. The van der Waals surface area contributed by atoms with Gasteiger partial charge >= 0.3 is 5.97 Å². The number of hydrogen-bond acceptors (Lipinski definition) is 5.